The lowest BCUT2D eigenvalue weighted by Gasteiger charge is -2.57. The Morgan fingerprint density at radius 3 is 2.77 bits per heavy atom. The van der Waals surface area contributed by atoms with Gasteiger partial charge in [-0.1, -0.05) is 31.6 Å². The van der Waals surface area contributed by atoms with Gasteiger partial charge in [0.25, 0.3) is 0 Å². The van der Waals surface area contributed by atoms with E-state index < -0.39 is 0 Å². The minimum absolute atomic E-state index is 0.0432. The van der Waals surface area contributed by atoms with Gasteiger partial charge in [-0.25, -0.2) is 0 Å². The lowest BCUT2D eigenvalue weighted by molar-refractivity contribution is -0.119. The smallest absolute Gasteiger partial charge is 0.231 e. The van der Waals surface area contributed by atoms with Gasteiger partial charge in [0, 0.05) is 24.6 Å². The fourth-order valence-electron chi connectivity index (χ4n) is 9.71. The molecule has 0 unspecified atom stereocenters. The van der Waals surface area contributed by atoms with Crippen LogP contribution in [0, 0.1) is 28.6 Å². The van der Waals surface area contributed by atoms with Crippen LogP contribution in [0.15, 0.2) is 29.4 Å². The topological polar surface area (TPSA) is 68.2 Å². The molecule has 0 spiro atoms. The highest BCUT2D eigenvalue weighted by molar-refractivity contribution is 5.98. The number of methoxy groups -OCH3 is 1. The highest BCUT2D eigenvalue weighted by Gasteiger charge is 2.57. The van der Waals surface area contributed by atoms with Crippen LogP contribution in [0.2, 0.25) is 0 Å². The van der Waals surface area contributed by atoms with Gasteiger partial charge >= 0.3 is 0 Å². The average Bonchev–Trinajstić information content (AvgIpc) is 3.53. The second kappa shape index (κ2) is 9.10. The normalized spacial score (nSPS) is 38.6. The van der Waals surface area contributed by atoms with Crippen LogP contribution in [0.4, 0.5) is 0 Å². The van der Waals surface area contributed by atoms with Gasteiger partial charge in [-0.05, 0) is 104 Å². The summed E-state index contributed by atoms with van der Waals surface area (Å²) < 4.78 is 17.4. The van der Waals surface area contributed by atoms with Crippen molar-refractivity contribution in [3.05, 3.63) is 40.5 Å². The fraction of sp³-hybridized carbons (Fsp3) is 0.667. The van der Waals surface area contributed by atoms with Gasteiger partial charge in [0.15, 0.2) is 17.3 Å². The molecule has 0 aromatic heterocycles. The van der Waals surface area contributed by atoms with Gasteiger partial charge in [-0.3, -0.25) is 9.69 Å². The van der Waals surface area contributed by atoms with E-state index in [0.29, 0.717) is 35.7 Å². The highest BCUT2D eigenvalue weighted by Crippen LogP contribution is 2.65. The third-order valence-corrected chi connectivity index (χ3v) is 11.9. The van der Waals surface area contributed by atoms with Crippen LogP contribution in [0.1, 0.15) is 82.4 Å². The molecule has 0 amide bonds. The van der Waals surface area contributed by atoms with E-state index in [-0.39, 0.29) is 29.8 Å². The molecular weight excluding hydrogens is 490 g/mol. The first-order valence-corrected chi connectivity index (χ1v) is 15.1. The largest absolute Gasteiger partial charge is 0.492 e. The maximum atomic E-state index is 14.2. The minimum atomic E-state index is -0.172. The molecular formula is C33H43NO5. The van der Waals surface area contributed by atoms with Gasteiger partial charge in [-0.15, -0.1) is 0 Å². The van der Waals surface area contributed by atoms with Gasteiger partial charge in [-0.2, -0.15) is 0 Å². The Labute approximate surface area is 232 Å². The number of aliphatic hydroxyl groups is 1. The number of fused-ring (bicyclic) bond motifs is 7. The number of carbonyl (C=O) groups is 1. The molecule has 7 atom stereocenters. The Hall–Kier alpha value is -2.31. The number of allylic oxidation sites excluding steroid dienone is 3. The highest BCUT2D eigenvalue weighted by atomic mass is 16.7. The van der Waals surface area contributed by atoms with Gasteiger partial charge < -0.3 is 19.3 Å². The number of rotatable bonds is 4. The van der Waals surface area contributed by atoms with E-state index in [9.17, 15) is 9.90 Å². The first-order valence-electron chi connectivity index (χ1n) is 15.1. The van der Waals surface area contributed by atoms with Crippen molar-refractivity contribution in [1.82, 2.24) is 4.90 Å². The first kappa shape index (κ1) is 25.6. The fourth-order valence-corrected chi connectivity index (χ4v) is 9.71. The van der Waals surface area contributed by atoms with E-state index in [1.807, 2.05) is 0 Å². The van der Waals surface area contributed by atoms with Crippen LogP contribution >= 0.6 is 0 Å². The maximum Gasteiger partial charge on any atom is 0.231 e. The molecule has 2 heterocycles. The van der Waals surface area contributed by atoms with Crippen molar-refractivity contribution in [1.29, 1.82) is 0 Å². The van der Waals surface area contributed by atoms with E-state index in [0.717, 1.165) is 74.1 Å². The van der Waals surface area contributed by atoms with E-state index in [4.69, 9.17) is 14.2 Å². The number of aliphatic hydroxyl groups excluding tert-OH is 1. The summed E-state index contributed by atoms with van der Waals surface area (Å²) in [4.78, 5) is 16.5. The van der Waals surface area contributed by atoms with Crippen molar-refractivity contribution in [2.24, 2.45) is 28.6 Å². The Bertz CT molecular complexity index is 1270. The number of ether oxygens (including phenoxy) is 3. The zero-order chi connectivity index (χ0) is 27.1. The molecule has 2 aliphatic heterocycles. The summed E-state index contributed by atoms with van der Waals surface area (Å²) in [7, 11) is 3.81. The van der Waals surface area contributed by atoms with Gasteiger partial charge in [0.05, 0.1) is 13.2 Å². The number of nitrogens with zero attached hydrogens (tertiary/aromatic N) is 1. The van der Waals surface area contributed by atoms with Crippen LogP contribution in [0.25, 0.3) is 0 Å². The second-order valence-corrected chi connectivity index (χ2v) is 13.6. The summed E-state index contributed by atoms with van der Waals surface area (Å²) in [5.41, 5.74) is 5.03. The lowest BCUT2D eigenvalue weighted by atomic mass is 9.47. The Morgan fingerprint density at radius 2 is 1.95 bits per heavy atom. The molecule has 1 aromatic rings. The van der Waals surface area contributed by atoms with Crippen molar-refractivity contribution in [3.63, 3.8) is 0 Å². The summed E-state index contributed by atoms with van der Waals surface area (Å²) in [6.45, 7) is 5.96. The number of benzene rings is 1. The number of ketones is 1. The summed E-state index contributed by atoms with van der Waals surface area (Å²) >= 11 is 0. The summed E-state index contributed by atoms with van der Waals surface area (Å²) in [5.74, 6) is 4.24. The van der Waals surface area contributed by atoms with E-state index in [1.165, 1.54) is 17.6 Å². The lowest BCUT2D eigenvalue weighted by Crippen LogP contribution is -2.50. The summed E-state index contributed by atoms with van der Waals surface area (Å²) in [6.07, 6.45) is 13.2. The minimum Gasteiger partial charge on any atom is -0.492 e. The summed E-state index contributed by atoms with van der Waals surface area (Å²) in [6, 6.07) is 2.05. The molecule has 6 nitrogen and oxygen atoms in total. The predicted molar refractivity (Wildman–Crippen MR) is 149 cm³/mol. The standard InChI is InChI=1S/C33H43NO5/c1-32-12-9-21(35)16-20(32)5-6-22-23-7-8-25(33(23,2)13-10-24(22)32)27(36)17-26-29-19(11-14-34(26)3)15-28-30(31(29)37-4)39-18-38-28/h5,8,15,21-24,26,35H,6-7,9-14,16-18H2,1-4H3/t21-,22+,23-,24-,26+,32+,33+/m1/s1. The predicted octanol–water partition coefficient (Wildman–Crippen LogP) is 5.77. The van der Waals surface area contributed by atoms with Crippen LogP contribution in [0.3, 0.4) is 0 Å². The zero-order valence-electron chi connectivity index (χ0n) is 23.9. The average molecular weight is 534 g/mol. The molecule has 210 valence electrons. The number of hydrogen-bond donors (Lipinski definition) is 1. The number of likely N-dealkylation sites (N-methyl/N-ethyl adjacent to an activating group) is 1. The van der Waals surface area contributed by atoms with Gasteiger partial charge in [0.1, 0.15) is 0 Å². The zero-order valence-corrected chi connectivity index (χ0v) is 23.9. The molecule has 1 N–H and O–H groups in total. The molecule has 0 radical (unpaired) electrons. The van der Waals surface area contributed by atoms with Crippen molar-refractivity contribution in [2.45, 2.75) is 83.8 Å². The molecule has 1 aromatic carbocycles. The first-order chi connectivity index (χ1) is 18.7. The van der Waals surface area contributed by atoms with Crippen molar-refractivity contribution in [3.8, 4) is 17.2 Å². The Balaban J connectivity index is 1.15. The quantitative estimate of drug-likeness (QED) is 0.496. The van der Waals surface area contributed by atoms with E-state index in [1.54, 1.807) is 7.11 Å². The maximum absolute atomic E-state index is 14.2. The Kier molecular flexibility index (Phi) is 5.99. The molecule has 6 heteroatoms. The van der Waals surface area contributed by atoms with Crippen LogP contribution < -0.4 is 14.2 Å². The SMILES string of the molecule is COc1c2c(cc3c1[C@H](CC(=O)C1=CC[C@@H]4[C@@H]5CC=C6C[C@H](O)CC[C@]6(C)[C@@H]5CC[C@]14C)N(C)CC3)OCO2. The monoisotopic (exact) mass is 533 g/mol. The second-order valence-electron chi connectivity index (χ2n) is 13.6. The van der Waals surface area contributed by atoms with Crippen LogP contribution in [-0.2, 0) is 11.2 Å². The van der Waals surface area contributed by atoms with Crippen molar-refractivity contribution in [2.75, 3.05) is 27.5 Å². The third kappa shape index (κ3) is 3.70. The number of hydrogen-bond acceptors (Lipinski definition) is 6. The number of carbonyl (C=O) groups excluding carboxylic acids is 1. The molecule has 39 heavy (non-hydrogen) atoms. The number of Topliss-reactive ketones (excluding diaryl/α,β-unsaturated/α-hetero) is 1. The molecule has 2 saturated carbocycles. The van der Waals surface area contributed by atoms with Crippen LogP contribution in [-0.4, -0.2) is 49.4 Å². The molecule has 6 aliphatic rings. The van der Waals surface area contributed by atoms with E-state index in [2.05, 4.69) is 44.0 Å². The Morgan fingerprint density at radius 1 is 1.13 bits per heavy atom. The molecule has 0 saturated heterocycles. The third-order valence-electron chi connectivity index (χ3n) is 11.9. The van der Waals surface area contributed by atoms with E-state index >= 15 is 0 Å². The molecule has 7 rings (SSSR count). The molecule has 2 fully saturated rings. The van der Waals surface area contributed by atoms with Crippen molar-refractivity contribution >= 4 is 5.78 Å². The molecule has 4 aliphatic carbocycles. The molecule has 0 bridgehead atoms. The summed E-state index contributed by atoms with van der Waals surface area (Å²) in [5, 5.41) is 10.3. The van der Waals surface area contributed by atoms with Gasteiger partial charge in [0.2, 0.25) is 12.5 Å². The van der Waals surface area contributed by atoms with Crippen LogP contribution in [0.5, 0.6) is 17.2 Å². The van der Waals surface area contributed by atoms with Crippen molar-refractivity contribution < 1.29 is 24.1 Å².